The number of aryl methyl sites for hydroxylation is 1. The Morgan fingerprint density at radius 3 is 2.70 bits per heavy atom. The van der Waals surface area contributed by atoms with Gasteiger partial charge in [-0.1, -0.05) is 35.9 Å². The molecule has 2 aromatic heterocycles. The van der Waals surface area contributed by atoms with Gasteiger partial charge in [0.15, 0.2) is 11.7 Å². The molecule has 0 bridgehead atoms. The quantitative estimate of drug-likeness (QED) is 0.593. The Kier molecular flexibility index (Phi) is 6.20. The predicted octanol–water partition coefficient (Wildman–Crippen LogP) is 3.16. The van der Waals surface area contributed by atoms with Gasteiger partial charge in [0, 0.05) is 15.3 Å². The third-order valence-corrected chi connectivity index (χ3v) is 5.51. The van der Waals surface area contributed by atoms with Crippen LogP contribution in [0.15, 0.2) is 41.8 Å². The highest BCUT2D eigenvalue weighted by Gasteiger charge is 2.17. The molecule has 27 heavy (non-hydrogen) atoms. The number of esters is 1. The Labute approximate surface area is 165 Å². The molecule has 0 saturated heterocycles. The lowest BCUT2D eigenvalue weighted by molar-refractivity contribution is -0.147. The number of benzene rings is 1. The number of thiophene rings is 1. The highest BCUT2D eigenvalue weighted by molar-refractivity contribution is 7.15. The van der Waals surface area contributed by atoms with Crippen LogP contribution in [-0.4, -0.2) is 23.5 Å². The van der Waals surface area contributed by atoms with Crippen molar-refractivity contribution in [3.8, 4) is 11.3 Å². The number of carbonyl (C=O) groups excluding carboxylic acids is 2. The first-order valence-electron chi connectivity index (χ1n) is 8.28. The lowest BCUT2D eigenvalue weighted by Crippen LogP contribution is -2.28. The molecule has 0 aliphatic rings. The highest BCUT2D eigenvalue weighted by atomic mass is 32.1. The van der Waals surface area contributed by atoms with Crippen molar-refractivity contribution < 1.29 is 14.3 Å². The van der Waals surface area contributed by atoms with Gasteiger partial charge in [-0.2, -0.15) is 0 Å². The topological polar surface area (TPSA) is 94.3 Å². The van der Waals surface area contributed by atoms with Crippen LogP contribution in [0.3, 0.4) is 0 Å². The lowest BCUT2D eigenvalue weighted by Gasteiger charge is -2.06. The fourth-order valence-electron chi connectivity index (χ4n) is 2.40. The third kappa shape index (κ3) is 5.38. The van der Waals surface area contributed by atoms with E-state index in [0.29, 0.717) is 17.4 Å². The summed E-state index contributed by atoms with van der Waals surface area (Å²) >= 11 is 2.81. The van der Waals surface area contributed by atoms with E-state index in [4.69, 9.17) is 10.5 Å². The van der Waals surface area contributed by atoms with Gasteiger partial charge in [0.1, 0.15) is 0 Å². The van der Waals surface area contributed by atoms with Gasteiger partial charge in [-0.25, -0.2) is 4.98 Å². The largest absolute Gasteiger partial charge is 0.455 e. The maximum absolute atomic E-state index is 12.1. The van der Waals surface area contributed by atoms with E-state index < -0.39 is 5.97 Å². The number of hydrogen-bond donors (Lipinski definition) is 2. The summed E-state index contributed by atoms with van der Waals surface area (Å²) in [6.07, 6.45) is 0.0241. The third-order valence-electron chi connectivity index (χ3n) is 3.75. The Morgan fingerprint density at radius 2 is 2.00 bits per heavy atom. The van der Waals surface area contributed by atoms with Crippen LogP contribution in [0.5, 0.6) is 0 Å². The van der Waals surface area contributed by atoms with Crippen LogP contribution in [-0.2, 0) is 27.3 Å². The smallest absolute Gasteiger partial charge is 0.311 e. The fraction of sp³-hybridized carbons (Fsp3) is 0.211. The molecule has 2 heterocycles. The van der Waals surface area contributed by atoms with Crippen molar-refractivity contribution in [2.75, 3.05) is 12.3 Å². The highest BCUT2D eigenvalue weighted by Crippen LogP contribution is 2.30. The number of nitrogens with one attached hydrogen (secondary N) is 1. The number of thiazole rings is 1. The summed E-state index contributed by atoms with van der Waals surface area (Å²) in [6.45, 7) is 2.12. The van der Waals surface area contributed by atoms with Gasteiger partial charge in [-0.15, -0.1) is 22.7 Å². The molecule has 0 aliphatic carbocycles. The van der Waals surface area contributed by atoms with Crippen LogP contribution >= 0.6 is 22.7 Å². The summed E-state index contributed by atoms with van der Waals surface area (Å²) in [7, 11) is 0. The van der Waals surface area contributed by atoms with Gasteiger partial charge in [0.05, 0.1) is 18.7 Å². The summed E-state index contributed by atoms with van der Waals surface area (Å²) in [4.78, 5) is 30.0. The second-order valence-corrected chi connectivity index (χ2v) is 8.03. The van der Waals surface area contributed by atoms with Gasteiger partial charge in [0.25, 0.3) is 5.91 Å². The Bertz CT molecular complexity index is 918. The molecule has 0 aliphatic heterocycles. The van der Waals surface area contributed by atoms with Crippen molar-refractivity contribution in [2.24, 2.45) is 0 Å². The second-order valence-electron chi connectivity index (χ2n) is 5.88. The minimum atomic E-state index is -0.488. The summed E-state index contributed by atoms with van der Waals surface area (Å²) in [5.74, 6) is -0.822. The van der Waals surface area contributed by atoms with E-state index in [0.717, 1.165) is 20.9 Å². The normalized spacial score (nSPS) is 10.6. The average Bonchev–Trinajstić information content (AvgIpc) is 3.28. The van der Waals surface area contributed by atoms with Gasteiger partial charge < -0.3 is 15.8 Å². The molecule has 1 amide bonds. The van der Waals surface area contributed by atoms with Gasteiger partial charge in [-0.05, 0) is 18.4 Å². The second kappa shape index (κ2) is 8.79. The number of ether oxygens (including phenoxy) is 1. The van der Waals surface area contributed by atoms with Crippen molar-refractivity contribution in [1.82, 2.24) is 10.3 Å². The van der Waals surface area contributed by atoms with Crippen LogP contribution < -0.4 is 11.1 Å². The minimum Gasteiger partial charge on any atom is -0.455 e. The summed E-state index contributed by atoms with van der Waals surface area (Å²) in [5.41, 5.74) is 8.53. The van der Waals surface area contributed by atoms with E-state index in [1.54, 1.807) is 11.3 Å². The number of hydrogen-bond acceptors (Lipinski definition) is 7. The van der Waals surface area contributed by atoms with E-state index in [1.165, 1.54) is 11.3 Å². The zero-order chi connectivity index (χ0) is 19.2. The number of nitrogen functional groups attached to an aromatic ring is 1. The van der Waals surface area contributed by atoms with Crippen LogP contribution in [0.4, 0.5) is 5.13 Å². The van der Waals surface area contributed by atoms with E-state index in [1.807, 2.05) is 48.7 Å². The molecule has 0 fully saturated rings. The minimum absolute atomic E-state index is 0.0241. The number of aromatic nitrogens is 1. The molecule has 140 valence electrons. The zero-order valence-electron chi connectivity index (χ0n) is 14.7. The maximum Gasteiger partial charge on any atom is 0.311 e. The standard InChI is InChI=1S/C19H19N3O3S2/c1-12-4-6-13(7-5-12)18-15(27-19(20)22-18)9-17(24)25-11-16(23)21-10-14-3-2-8-26-14/h2-8H,9-11H2,1H3,(H2,20,22)(H,21,23). The number of amides is 1. The molecule has 0 unspecified atom stereocenters. The van der Waals surface area contributed by atoms with Crippen LogP contribution in [0.1, 0.15) is 15.3 Å². The first-order chi connectivity index (χ1) is 13.0. The Hall–Kier alpha value is -2.71. The number of rotatable bonds is 7. The van der Waals surface area contributed by atoms with Crippen molar-refractivity contribution in [3.63, 3.8) is 0 Å². The molecular weight excluding hydrogens is 382 g/mol. The molecule has 0 saturated carbocycles. The zero-order valence-corrected chi connectivity index (χ0v) is 16.4. The lowest BCUT2D eigenvalue weighted by atomic mass is 10.1. The fourth-order valence-corrected chi connectivity index (χ4v) is 3.89. The number of anilines is 1. The molecule has 1 aromatic carbocycles. The van der Waals surface area contributed by atoms with E-state index in [2.05, 4.69) is 10.3 Å². The SMILES string of the molecule is Cc1ccc(-c2nc(N)sc2CC(=O)OCC(=O)NCc2cccs2)cc1. The van der Waals surface area contributed by atoms with Crippen LogP contribution in [0.25, 0.3) is 11.3 Å². The van der Waals surface area contributed by atoms with E-state index in [9.17, 15) is 9.59 Å². The monoisotopic (exact) mass is 401 g/mol. The van der Waals surface area contributed by atoms with Crippen LogP contribution in [0, 0.1) is 6.92 Å². The van der Waals surface area contributed by atoms with Gasteiger partial charge in [-0.3, -0.25) is 9.59 Å². The molecule has 0 radical (unpaired) electrons. The molecule has 3 rings (SSSR count). The Balaban J connectivity index is 1.55. The van der Waals surface area contributed by atoms with Crippen molar-refractivity contribution in [2.45, 2.75) is 19.9 Å². The first kappa shape index (κ1) is 19.1. The van der Waals surface area contributed by atoms with E-state index >= 15 is 0 Å². The summed E-state index contributed by atoms with van der Waals surface area (Å²) in [5, 5.41) is 5.04. The Morgan fingerprint density at radius 1 is 1.22 bits per heavy atom. The van der Waals surface area contributed by atoms with Crippen molar-refractivity contribution >= 4 is 39.7 Å². The van der Waals surface area contributed by atoms with Crippen molar-refractivity contribution in [1.29, 1.82) is 0 Å². The summed E-state index contributed by atoms with van der Waals surface area (Å²) in [6, 6.07) is 11.7. The number of carbonyl (C=O) groups is 2. The van der Waals surface area contributed by atoms with Crippen LogP contribution in [0.2, 0.25) is 0 Å². The van der Waals surface area contributed by atoms with Gasteiger partial charge >= 0.3 is 5.97 Å². The van der Waals surface area contributed by atoms with Crippen molar-refractivity contribution in [3.05, 3.63) is 57.1 Å². The van der Waals surface area contributed by atoms with E-state index in [-0.39, 0.29) is 18.9 Å². The number of nitrogens with zero attached hydrogens (tertiary/aromatic N) is 1. The molecule has 0 spiro atoms. The number of nitrogens with two attached hydrogens (primary N) is 1. The van der Waals surface area contributed by atoms with Gasteiger partial charge in [0.2, 0.25) is 0 Å². The molecular formula is C19H19N3O3S2. The maximum atomic E-state index is 12.1. The molecule has 6 nitrogen and oxygen atoms in total. The predicted molar refractivity (Wildman–Crippen MR) is 108 cm³/mol. The molecule has 0 atom stereocenters. The molecule has 3 aromatic rings. The molecule has 3 N–H and O–H groups in total. The summed E-state index contributed by atoms with van der Waals surface area (Å²) < 4.78 is 5.09. The molecule has 8 heteroatoms. The average molecular weight is 402 g/mol. The first-order valence-corrected chi connectivity index (χ1v) is 9.98.